The van der Waals surface area contributed by atoms with Crippen molar-refractivity contribution < 1.29 is 48.0 Å². The number of rotatable bonds is 11. The predicted octanol–water partition coefficient (Wildman–Crippen LogP) is 6.26. The molecular weight excluding hydrogens is 759 g/mol. The molecule has 6 rings (SSSR count). The quantitative estimate of drug-likeness (QED) is 0.149. The molecule has 0 bridgehead atoms. The van der Waals surface area contributed by atoms with Crippen molar-refractivity contribution in [3.63, 3.8) is 0 Å². The molecule has 0 saturated carbocycles. The topological polar surface area (TPSA) is 167 Å². The summed E-state index contributed by atoms with van der Waals surface area (Å²) in [7, 11) is 0. The first-order chi connectivity index (χ1) is 27.9. The molecule has 15 nitrogen and oxygen atoms in total. The first-order valence-electron chi connectivity index (χ1n) is 20.8. The number of aryl methyl sites for hydroxylation is 2. The third kappa shape index (κ3) is 11.8. The number of carbonyl (C=O) groups excluding carboxylic acids is 5. The lowest BCUT2D eigenvalue weighted by Gasteiger charge is -2.41. The summed E-state index contributed by atoms with van der Waals surface area (Å²) < 4.78 is 21.0. The molecule has 1 unspecified atom stereocenters. The van der Waals surface area contributed by atoms with E-state index in [0.717, 1.165) is 62.0 Å². The summed E-state index contributed by atoms with van der Waals surface area (Å²) in [5, 5.41) is 13.4. The van der Waals surface area contributed by atoms with Crippen LogP contribution in [0.4, 0.5) is 20.1 Å². The number of likely N-dealkylation sites (tertiary alicyclic amines) is 3. The van der Waals surface area contributed by atoms with E-state index in [2.05, 4.69) is 5.32 Å². The number of hydrogen-bond acceptors (Lipinski definition) is 11. The summed E-state index contributed by atoms with van der Waals surface area (Å²) in [5.41, 5.74) is 4.13. The van der Waals surface area contributed by atoms with E-state index in [1.807, 2.05) is 64.9 Å². The third-order valence-corrected chi connectivity index (χ3v) is 12.1. The van der Waals surface area contributed by atoms with Gasteiger partial charge in [0.15, 0.2) is 6.10 Å². The number of piperidine rings is 3. The minimum atomic E-state index is -1.04. The molecule has 0 radical (unpaired) electrons. The van der Waals surface area contributed by atoms with Crippen LogP contribution in [0.15, 0.2) is 36.4 Å². The molecule has 0 aromatic heterocycles. The number of esters is 1. The summed E-state index contributed by atoms with van der Waals surface area (Å²) in [6.07, 6.45) is 2.19. The second-order valence-corrected chi connectivity index (χ2v) is 16.0. The predicted molar refractivity (Wildman–Crippen MR) is 221 cm³/mol. The first kappa shape index (κ1) is 45.0. The maximum atomic E-state index is 14.2. The Morgan fingerprint density at radius 2 is 1.44 bits per heavy atom. The van der Waals surface area contributed by atoms with Crippen LogP contribution in [-0.2, 0) is 41.4 Å². The Hall–Kier alpha value is -5.05. The van der Waals surface area contributed by atoms with Gasteiger partial charge in [0.05, 0.1) is 13.2 Å². The number of amides is 4. The standard InChI is InChI=1S/C43H59N5O10.CH4/c1-5-55-43(54)57-30(4)56-38(49)27-45-17-10-32(11-18-45)33-12-19-46(20-13-33)40(51)37(26-31-24-28(2)39(50)29(3)25-31)58-42(53)47-21-15-35(16-22-47)48-23-14-34-8-6-7-9-36(34)44-41(48)52;/h6-9,24-25,30,32-33,35,37,50H,5,10-23,26-27H2,1-4H3,(H,44,52);1H4/t30?,37-;/m1./s1. The summed E-state index contributed by atoms with van der Waals surface area (Å²) >= 11 is 0. The van der Waals surface area contributed by atoms with Crippen LogP contribution in [0.3, 0.4) is 0 Å². The zero-order valence-electron chi connectivity index (χ0n) is 34.3. The minimum Gasteiger partial charge on any atom is -0.507 e. The number of para-hydroxylation sites is 1. The molecule has 4 aliphatic rings. The number of anilines is 1. The van der Waals surface area contributed by atoms with Crippen LogP contribution in [0.1, 0.15) is 82.1 Å². The number of fused-ring (bicyclic) bond motifs is 1. The molecule has 0 spiro atoms. The molecule has 3 fully saturated rings. The summed E-state index contributed by atoms with van der Waals surface area (Å²) in [6.45, 7) is 11.1. The van der Waals surface area contributed by atoms with Gasteiger partial charge in [-0.05, 0) is 119 Å². The lowest BCUT2D eigenvalue weighted by atomic mass is 9.78. The molecule has 4 amide bonds. The zero-order valence-corrected chi connectivity index (χ0v) is 34.3. The number of nitrogens with one attached hydrogen (secondary N) is 1. The fraction of sp³-hybridized carbons (Fsp3) is 0.614. The van der Waals surface area contributed by atoms with E-state index in [9.17, 15) is 29.1 Å². The second kappa shape index (κ2) is 20.8. The van der Waals surface area contributed by atoms with Crippen molar-refractivity contribution in [2.24, 2.45) is 11.8 Å². The van der Waals surface area contributed by atoms with Gasteiger partial charge in [0.1, 0.15) is 5.75 Å². The fourth-order valence-corrected chi connectivity index (χ4v) is 8.95. The van der Waals surface area contributed by atoms with Gasteiger partial charge < -0.3 is 44.1 Å². The van der Waals surface area contributed by atoms with Gasteiger partial charge in [0.25, 0.3) is 5.91 Å². The van der Waals surface area contributed by atoms with E-state index in [4.69, 9.17) is 18.9 Å². The Kier molecular flexibility index (Phi) is 15.9. The molecule has 0 aliphatic carbocycles. The summed E-state index contributed by atoms with van der Waals surface area (Å²) in [5.74, 6) is 0.414. The lowest BCUT2D eigenvalue weighted by Crippen LogP contribution is -2.52. The van der Waals surface area contributed by atoms with Gasteiger partial charge in [-0.1, -0.05) is 37.8 Å². The normalized spacial score (nSPS) is 19.3. The minimum absolute atomic E-state index is 0. The van der Waals surface area contributed by atoms with Gasteiger partial charge in [-0.25, -0.2) is 14.4 Å². The number of phenolic OH excluding ortho intramolecular Hbond substituents is 1. The van der Waals surface area contributed by atoms with Crippen molar-refractivity contribution >= 4 is 35.8 Å². The van der Waals surface area contributed by atoms with Crippen molar-refractivity contribution in [1.29, 1.82) is 0 Å². The average molecular weight is 822 g/mol. The monoisotopic (exact) mass is 821 g/mol. The smallest absolute Gasteiger partial charge is 0.507 e. The number of phenols is 1. The zero-order chi connectivity index (χ0) is 41.3. The lowest BCUT2D eigenvalue weighted by molar-refractivity contribution is -0.169. The fourth-order valence-electron chi connectivity index (χ4n) is 8.95. The molecular formula is C44H63N5O10. The Balaban J connectivity index is 0.00000661. The number of hydrogen-bond donors (Lipinski definition) is 2. The maximum Gasteiger partial charge on any atom is 0.511 e. The van der Waals surface area contributed by atoms with Crippen molar-refractivity contribution in [1.82, 2.24) is 19.6 Å². The highest BCUT2D eigenvalue weighted by molar-refractivity contribution is 5.91. The van der Waals surface area contributed by atoms with Crippen LogP contribution >= 0.6 is 0 Å². The Morgan fingerprint density at radius 1 is 0.831 bits per heavy atom. The van der Waals surface area contributed by atoms with E-state index in [0.29, 0.717) is 68.5 Å². The average Bonchev–Trinajstić information content (AvgIpc) is 3.37. The van der Waals surface area contributed by atoms with Crippen LogP contribution in [0.25, 0.3) is 0 Å². The van der Waals surface area contributed by atoms with E-state index < -0.39 is 30.6 Å². The summed E-state index contributed by atoms with van der Waals surface area (Å²) in [6, 6.07) is 11.4. The third-order valence-electron chi connectivity index (χ3n) is 12.1. The van der Waals surface area contributed by atoms with Crippen molar-refractivity contribution in [3.8, 4) is 5.75 Å². The Bertz CT molecular complexity index is 1760. The van der Waals surface area contributed by atoms with Gasteiger partial charge >= 0.3 is 24.2 Å². The number of nitrogens with zero attached hydrogens (tertiary/aromatic N) is 4. The highest BCUT2D eigenvalue weighted by atomic mass is 16.8. The van der Waals surface area contributed by atoms with Crippen LogP contribution in [0, 0.1) is 25.7 Å². The van der Waals surface area contributed by atoms with Gasteiger partial charge in [-0.2, -0.15) is 0 Å². The molecule has 2 aromatic rings. The molecule has 324 valence electrons. The molecule has 15 heteroatoms. The number of urea groups is 1. The van der Waals surface area contributed by atoms with Crippen LogP contribution in [-0.4, -0.2) is 132 Å². The van der Waals surface area contributed by atoms with Crippen molar-refractivity contribution in [2.45, 2.75) is 105 Å². The maximum absolute atomic E-state index is 14.2. The van der Waals surface area contributed by atoms with Gasteiger partial charge in [0.2, 0.25) is 6.29 Å². The Morgan fingerprint density at radius 3 is 2.08 bits per heavy atom. The Labute approximate surface area is 348 Å². The number of benzene rings is 2. The molecule has 4 heterocycles. The first-order valence-corrected chi connectivity index (χ1v) is 20.8. The SMILES string of the molecule is C.CCOC(=O)OC(C)OC(=O)CN1CCC(C2CCN(C(=O)[C@@H](Cc3cc(C)c(O)c(C)c3)OC(=O)N3CCC(N4CCc5ccccc5NC4=O)CC3)CC2)CC1. The van der Waals surface area contributed by atoms with E-state index >= 15 is 0 Å². The van der Waals surface area contributed by atoms with Gasteiger partial charge in [-0.15, -0.1) is 0 Å². The van der Waals surface area contributed by atoms with E-state index in [1.54, 1.807) is 11.8 Å². The number of ether oxygens (including phenoxy) is 4. The molecule has 4 aliphatic heterocycles. The van der Waals surface area contributed by atoms with Crippen LogP contribution in [0.5, 0.6) is 5.75 Å². The van der Waals surface area contributed by atoms with Crippen molar-refractivity contribution in [2.75, 3.05) is 64.3 Å². The molecule has 3 saturated heterocycles. The van der Waals surface area contributed by atoms with Gasteiger partial charge in [0, 0.05) is 57.8 Å². The van der Waals surface area contributed by atoms with Gasteiger partial charge in [-0.3, -0.25) is 14.5 Å². The van der Waals surface area contributed by atoms with Crippen LogP contribution < -0.4 is 5.32 Å². The summed E-state index contributed by atoms with van der Waals surface area (Å²) in [4.78, 5) is 72.4. The number of aromatic hydroxyl groups is 1. The largest absolute Gasteiger partial charge is 0.511 e. The van der Waals surface area contributed by atoms with E-state index in [-0.39, 0.29) is 50.7 Å². The molecule has 2 aromatic carbocycles. The molecule has 2 N–H and O–H groups in total. The van der Waals surface area contributed by atoms with Crippen molar-refractivity contribution in [3.05, 3.63) is 58.7 Å². The molecule has 2 atom stereocenters. The van der Waals surface area contributed by atoms with E-state index in [1.165, 1.54) is 6.92 Å². The number of carbonyl (C=O) groups is 5. The highest BCUT2D eigenvalue weighted by Crippen LogP contribution is 2.33. The van der Waals surface area contributed by atoms with Crippen LogP contribution in [0.2, 0.25) is 0 Å². The molecule has 59 heavy (non-hydrogen) atoms. The highest BCUT2D eigenvalue weighted by Gasteiger charge is 2.37. The second-order valence-electron chi connectivity index (χ2n) is 16.0.